The molecule has 0 aliphatic rings. The lowest BCUT2D eigenvalue weighted by molar-refractivity contribution is 0.0977. The number of carbonyl (C=O) groups excluding carboxylic acids is 1. The molecule has 0 saturated heterocycles. The molecular formula is C16H13BrClIN2O2S. The molecule has 2 aromatic rings. The van der Waals surface area contributed by atoms with Gasteiger partial charge in [-0.15, -0.1) is 0 Å². The van der Waals surface area contributed by atoms with Gasteiger partial charge in [-0.05, 0) is 78.1 Å². The SMILES string of the molecule is CCOc1ccc(C(=O)NC(=S)Nc2ccc(Br)cc2I)cc1Cl. The Hall–Kier alpha value is -0.900. The largest absolute Gasteiger partial charge is 0.492 e. The molecule has 0 bridgehead atoms. The van der Waals surface area contributed by atoms with Crippen molar-refractivity contribution in [1.82, 2.24) is 5.32 Å². The van der Waals surface area contributed by atoms with Gasteiger partial charge in [0.2, 0.25) is 0 Å². The molecule has 0 saturated carbocycles. The van der Waals surface area contributed by atoms with Crippen LogP contribution in [0.5, 0.6) is 5.75 Å². The molecule has 1 amide bonds. The second-order valence-electron chi connectivity index (χ2n) is 4.61. The van der Waals surface area contributed by atoms with E-state index < -0.39 is 0 Å². The molecule has 0 atom stereocenters. The van der Waals surface area contributed by atoms with E-state index in [9.17, 15) is 4.79 Å². The summed E-state index contributed by atoms with van der Waals surface area (Å²) in [4.78, 5) is 12.3. The lowest BCUT2D eigenvalue weighted by Crippen LogP contribution is -2.34. The standard InChI is InChI=1S/C16H13BrClIN2O2S/c1-2-23-14-6-3-9(7-11(14)18)15(22)21-16(24)20-13-5-4-10(17)8-12(13)19/h3-8H,2H2,1H3,(H2,20,21,22,24). The van der Waals surface area contributed by atoms with E-state index in [2.05, 4.69) is 49.2 Å². The van der Waals surface area contributed by atoms with Crippen LogP contribution < -0.4 is 15.4 Å². The predicted molar refractivity (Wildman–Crippen MR) is 113 cm³/mol. The van der Waals surface area contributed by atoms with E-state index in [4.69, 9.17) is 28.6 Å². The van der Waals surface area contributed by atoms with Crippen LogP contribution in [0.15, 0.2) is 40.9 Å². The van der Waals surface area contributed by atoms with Crippen LogP contribution in [0.2, 0.25) is 5.02 Å². The number of ether oxygens (including phenoxy) is 1. The van der Waals surface area contributed by atoms with Gasteiger partial charge in [0.05, 0.1) is 17.3 Å². The average Bonchev–Trinajstić information content (AvgIpc) is 2.52. The number of carbonyl (C=O) groups is 1. The fourth-order valence-electron chi connectivity index (χ4n) is 1.83. The van der Waals surface area contributed by atoms with Crippen molar-refractivity contribution >= 4 is 79.0 Å². The van der Waals surface area contributed by atoms with Crippen LogP contribution in [0.1, 0.15) is 17.3 Å². The Labute approximate surface area is 172 Å². The fourth-order valence-corrected chi connectivity index (χ4v) is 3.71. The maximum Gasteiger partial charge on any atom is 0.257 e. The van der Waals surface area contributed by atoms with Gasteiger partial charge in [-0.2, -0.15) is 0 Å². The molecule has 2 rings (SSSR count). The van der Waals surface area contributed by atoms with Crippen LogP contribution in [-0.2, 0) is 0 Å². The number of nitrogens with one attached hydrogen (secondary N) is 2. The molecule has 0 spiro atoms. The highest BCUT2D eigenvalue weighted by Gasteiger charge is 2.12. The summed E-state index contributed by atoms with van der Waals surface area (Å²) in [5.41, 5.74) is 1.21. The van der Waals surface area contributed by atoms with Gasteiger partial charge in [-0.25, -0.2) is 0 Å². The van der Waals surface area contributed by atoms with Gasteiger partial charge in [0.25, 0.3) is 5.91 Å². The van der Waals surface area contributed by atoms with Gasteiger partial charge in [-0.1, -0.05) is 27.5 Å². The number of rotatable bonds is 4. The van der Waals surface area contributed by atoms with Crippen molar-refractivity contribution in [2.24, 2.45) is 0 Å². The third kappa shape index (κ3) is 5.30. The van der Waals surface area contributed by atoms with Gasteiger partial charge in [-0.3, -0.25) is 10.1 Å². The third-order valence-electron chi connectivity index (χ3n) is 2.90. The summed E-state index contributed by atoms with van der Waals surface area (Å²) in [5, 5.41) is 6.22. The van der Waals surface area contributed by atoms with Crippen molar-refractivity contribution in [2.45, 2.75) is 6.92 Å². The molecule has 0 fully saturated rings. The number of benzene rings is 2. The Balaban J connectivity index is 2.03. The first-order chi connectivity index (χ1) is 11.4. The molecule has 2 N–H and O–H groups in total. The predicted octanol–water partition coefficient (Wildman–Crippen LogP) is 5.23. The minimum Gasteiger partial charge on any atom is -0.492 e. The summed E-state index contributed by atoms with van der Waals surface area (Å²) in [6.07, 6.45) is 0. The lowest BCUT2D eigenvalue weighted by Gasteiger charge is -2.12. The zero-order valence-electron chi connectivity index (χ0n) is 12.5. The van der Waals surface area contributed by atoms with E-state index in [1.165, 1.54) is 0 Å². The molecule has 24 heavy (non-hydrogen) atoms. The third-order valence-corrected chi connectivity index (χ3v) is 4.79. The number of thiocarbonyl (C=S) groups is 1. The summed E-state index contributed by atoms with van der Waals surface area (Å²) in [5.74, 6) is 0.199. The minimum atomic E-state index is -0.343. The first-order valence-corrected chi connectivity index (χ1v) is 9.56. The number of anilines is 1. The van der Waals surface area contributed by atoms with Crippen LogP contribution in [0, 0.1) is 3.57 Å². The van der Waals surface area contributed by atoms with Gasteiger partial charge < -0.3 is 10.1 Å². The molecule has 2 aromatic carbocycles. The zero-order valence-corrected chi connectivity index (χ0v) is 17.8. The highest BCUT2D eigenvalue weighted by Crippen LogP contribution is 2.25. The van der Waals surface area contributed by atoms with E-state index in [1.807, 2.05) is 25.1 Å². The van der Waals surface area contributed by atoms with E-state index >= 15 is 0 Å². The molecule has 0 aliphatic heterocycles. The molecule has 126 valence electrons. The van der Waals surface area contributed by atoms with Crippen molar-refractivity contribution in [3.8, 4) is 5.75 Å². The van der Waals surface area contributed by atoms with Crippen molar-refractivity contribution in [3.05, 3.63) is 55.0 Å². The second-order valence-corrected chi connectivity index (χ2v) is 7.50. The van der Waals surface area contributed by atoms with E-state index in [0.29, 0.717) is 22.9 Å². The Morgan fingerprint density at radius 2 is 2.08 bits per heavy atom. The van der Waals surface area contributed by atoms with Crippen LogP contribution in [-0.4, -0.2) is 17.6 Å². The van der Waals surface area contributed by atoms with Gasteiger partial charge in [0.1, 0.15) is 5.75 Å². The Morgan fingerprint density at radius 3 is 2.71 bits per heavy atom. The summed E-state index contributed by atoms with van der Waals surface area (Å²) < 4.78 is 7.29. The number of halogens is 3. The van der Waals surface area contributed by atoms with Crippen molar-refractivity contribution in [1.29, 1.82) is 0 Å². The zero-order chi connectivity index (χ0) is 17.7. The number of hydrogen-bond donors (Lipinski definition) is 2. The van der Waals surface area contributed by atoms with Crippen molar-refractivity contribution in [2.75, 3.05) is 11.9 Å². The monoisotopic (exact) mass is 538 g/mol. The topological polar surface area (TPSA) is 50.4 Å². The second kappa shape index (κ2) is 8.98. The highest BCUT2D eigenvalue weighted by molar-refractivity contribution is 14.1. The van der Waals surface area contributed by atoms with Crippen molar-refractivity contribution in [3.63, 3.8) is 0 Å². The molecule has 0 heterocycles. The maximum absolute atomic E-state index is 12.3. The van der Waals surface area contributed by atoms with E-state index in [0.717, 1.165) is 13.7 Å². The fraction of sp³-hybridized carbons (Fsp3) is 0.125. The number of amides is 1. The Bertz CT molecular complexity index is 789. The molecule has 0 radical (unpaired) electrons. The molecule has 0 unspecified atom stereocenters. The lowest BCUT2D eigenvalue weighted by atomic mass is 10.2. The average molecular weight is 540 g/mol. The Morgan fingerprint density at radius 1 is 1.33 bits per heavy atom. The van der Waals surface area contributed by atoms with Crippen LogP contribution >= 0.6 is 62.3 Å². The van der Waals surface area contributed by atoms with Gasteiger partial charge >= 0.3 is 0 Å². The van der Waals surface area contributed by atoms with Crippen molar-refractivity contribution < 1.29 is 9.53 Å². The normalized spacial score (nSPS) is 10.2. The van der Waals surface area contributed by atoms with Gasteiger partial charge in [0, 0.05) is 13.6 Å². The van der Waals surface area contributed by atoms with E-state index in [-0.39, 0.29) is 11.0 Å². The van der Waals surface area contributed by atoms with E-state index in [1.54, 1.807) is 18.2 Å². The maximum atomic E-state index is 12.3. The number of hydrogen-bond acceptors (Lipinski definition) is 3. The first kappa shape index (κ1) is 19.4. The minimum absolute atomic E-state index is 0.213. The molecule has 0 aliphatic carbocycles. The molecule has 4 nitrogen and oxygen atoms in total. The summed E-state index contributed by atoms with van der Waals surface area (Å²) >= 11 is 16.9. The first-order valence-electron chi connectivity index (χ1n) is 6.90. The quantitative estimate of drug-likeness (QED) is 0.413. The van der Waals surface area contributed by atoms with Crippen LogP contribution in [0.3, 0.4) is 0 Å². The Kier molecular flexibility index (Phi) is 7.27. The summed E-state index contributed by atoms with van der Waals surface area (Å²) in [6, 6.07) is 10.6. The smallest absolute Gasteiger partial charge is 0.257 e. The molecular weight excluding hydrogens is 527 g/mol. The summed E-state index contributed by atoms with van der Waals surface area (Å²) in [6.45, 7) is 2.37. The van der Waals surface area contributed by atoms with Crippen LogP contribution in [0.25, 0.3) is 0 Å². The highest BCUT2D eigenvalue weighted by atomic mass is 127. The van der Waals surface area contributed by atoms with Crippen LogP contribution in [0.4, 0.5) is 5.69 Å². The van der Waals surface area contributed by atoms with Gasteiger partial charge in [0.15, 0.2) is 5.11 Å². The molecule has 8 heteroatoms. The summed E-state index contributed by atoms with van der Waals surface area (Å²) in [7, 11) is 0. The molecule has 0 aromatic heterocycles.